The second-order valence-electron chi connectivity index (χ2n) is 5.74. The zero-order chi connectivity index (χ0) is 17.8. The zero-order valence-corrected chi connectivity index (χ0v) is 14.5. The Kier molecular flexibility index (Phi) is 5.00. The molecule has 6 nitrogen and oxygen atoms in total. The lowest BCUT2D eigenvalue weighted by Crippen LogP contribution is -2.53. The summed E-state index contributed by atoms with van der Waals surface area (Å²) in [7, 11) is 0. The van der Waals surface area contributed by atoms with Crippen molar-refractivity contribution in [1.82, 2.24) is 9.88 Å². The highest BCUT2D eigenvalue weighted by atomic mass is 32.1. The van der Waals surface area contributed by atoms with E-state index < -0.39 is 5.97 Å². The Labute approximate surface area is 149 Å². The number of rotatable bonds is 2. The van der Waals surface area contributed by atoms with Crippen LogP contribution in [0.4, 0.5) is 5.13 Å². The Hall–Kier alpha value is -2.85. The van der Waals surface area contributed by atoms with E-state index in [9.17, 15) is 9.59 Å². The molecular weight excluding hydrogens is 338 g/mol. The van der Waals surface area contributed by atoms with Gasteiger partial charge >= 0.3 is 5.97 Å². The molecule has 128 valence electrons. The average molecular weight is 355 g/mol. The molecule has 0 bridgehead atoms. The number of carboxylic acids is 1. The van der Waals surface area contributed by atoms with Crippen molar-refractivity contribution in [1.29, 1.82) is 0 Å². The van der Waals surface area contributed by atoms with Crippen molar-refractivity contribution in [2.45, 2.75) is 13.0 Å². The molecule has 1 aromatic carbocycles. The molecule has 0 aliphatic carbocycles. The quantitative estimate of drug-likeness (QED) is 0.834. The number of carbonyl (C=O) groups is 2. The molecule has 1 fully saturated rings. The van der Waals surface area contributed by atoms with Crippen LogP contribution in [0.15, 0.2) is 35.8 Å². The third-order valence-corrected chi connectivity index (χ3v) is 4.86. The summed E-state index contributed by atoms with van der Waals surface area (Å²) in [6.45, 7) is 4.07. The largest absolute Gasteiger partial charge is 0.478 e. The lowest BCUT2D eigenvalue weighted by molar-refractivity contribution is -0.127. The fourth-order valence-electron chi connectivity index (χ4n) is 2.70. The minimum atomic E-state index is -0.984. The van der Waals surface area contributed by atoms with Crippen LogP contribution in [0.25, 0.3) is 0 Å². The van der Waals surface area contributed by atoms with Gasteiger partial charge in [0.1, 0.15) is 0 Å². The van der Waals surface area contributed by atoms with Crippen LogP contribution >= 0.6 is 11.3 Å². The van der Waals surface area contributed by atoms with Crippen LogP contribution in [0.5, 0.6) is 0 Å². The maximum atomic E-state index is 12.4. The van der Waals surface area contributed by atoms with E-state index in [2.05, 4.69) is 21.7 Å². The molecule has 0 spiro atoms. The lowest BCUT2D eigenvalue weighted by atomic mass is 10.1. The fourth-order valence-corrected chi connectivity index (χ4v) is 3.38. The Morgan fingerprint density at radius 3 is 2.64 bits per heavy atom. The van der Waals surface area contributed by atoms with Gasteiger partial charge in [-0.15, -0.1) is 11.3 Å². The number of aromatic nitrogens is 1. The lowest BCUT2D eigenvalue weighted by Gasteiger charge is -2.38. The van der Waals surface area contributed by atoms with E-state index in [1.54, 1.807) is 34.6 Å². The number of piperazine rings is 1. The van der Waals surface area contributed by atoms with Crippen molar-refractivity contribution in [3.63, 3.8) is 0 Å². The summed E-state index contributed by atoms with van der Waals surface area (Å²) in [5.74, 6) is 4.27. The van der Waals surface area contributed by atoms with E-state index in [-0.39, 0.29) is 17.5 Å². The number of benzene rings is 1. The molecule has 1 saturated heterocycles. The second kappa shape index (κ2) is 7.36. The second-order valence-corrected chi connectivity index (χ2v) is 6.61. The highest BCUT2D eigenvalue weighted by molar-refractivity contribution is 7.13. The number of anilines is 1. The zero-order valence-electron chi connectivity index (χ0n) is 13.7. The van der Waals surface area contributed by atoms with E-state index in [4.69, 9.17) is 5.11 Å². The number of amides is 1. The number of hydrogen-bond donors (Lipinski definition) is 1. The van der Waals surface area contributed by atoms with E-state index in [1.807, 2.05) is 12.3 Å². The van der Waals surface area contributed by atoms with E-state index in [0.717, 1.165) is 18.2 Å². The smallest absolute Gasteiger partial charge is 0.335 e. The number of carbonyl (C=O) groups excluding carboxylic acids is 1. The predicted molar refractivity (Wildman–Crippen MR) is 95.8 cm³/mol. The van der Waals surface area contributed by atoms with Crippen molar-refractivity contribution < 1.29 is 14.7 Å². The van der Waals surface area contributed by atoms with Crippen LogP contribution in [0.3, 0.4) is 0 Å². The highest BCUT2D eigenvalue weighted by Crippen LogP contribution is 2.21. The van der Waals surface area contributed by atoms with Gasteiger partial charge in [0.15, 0.2) is 5.13 Å². The molecule has 25 heavy (non-hydrogen) atoms. The number of thiazole rings is 1. The van der Waals surface area contributed by atoms with Crippen LogP contribution in [-0.2, 0) is 4.79 Å². The van der Waals surface area contributed by atoms with Crippen molar-refractivity contribution in [3.8, 4) is 11.8 Å². The molecule has 1 aliphatic rings. The van der Waals surface area contributed by atoms with Crippen LogP contribution < -0.4 is 4.90 Å². The summed E-state index contributed by atoms with van der Waals surface area (Å²) in [5, 5.41) is 11.8. The minimum Gasteiger partial charge on any atom is -0.478 e. The van der Waals surface area contributed by atoms with Crippen LogP contribution in [0.1, 0.15) is 22.8 Å². The molecule has 0 radical (unpaired) electrons. The van der Waals surface area contributed by atoms with Gasteiger partial charge in [0.25, 0.3) is 5.91 Å². The number of hydrogen-bond acceptors (Lipinski definition) is 5. The van der Waals surface area contributed by atoms with Crippen molar-refractivity contribution in [2.24, 2.45) is 0 Å². The van der Waals surface area contributed by atoms with Crippen molar-refractivity contribution >= 4 is 28.3 Å². The van der Waals surface area contributed by atoms with Gasteiger partial charge in [0.2, 0.25) is 0 Å². The Balaban J connectivity index is 1.63. The van der Waals surface area contributed by atoms with Gasteiger partial charge in [-0.2, -0.15) is 0 Å². The first kappa shape index (κ1) is 17.0. The Morgan fingerprint density at radius 1 is 1.28 bits per heavy atom. The molecule has 2 aromatic rings. The van der Waals surface area contributed by atoms with Crippen LogP contribution in [0, 0.1) is 11.8 Å². The van der Waals surface area contributed by atoms with Crippen LogP contribution in [-0.4, -0.2) is 52.5 Å². The molecule has 0 saturated carbocycles. The molecule has 7 heteroatoms. The SMILES string of the molecule is CC1CN(c2nccs2)CCN1C(=O)C#Cc1ccc(C(=O)O)cc1. The number of aromatic carboxylic acids is 1. The van der Waals surface area contributed by atoms with Gasteiger partial charge < -0.3 is 14.9 Å². The molecule has 1 amide bonds. The van der Waals surface area contributed by atoms with E-state index in [0.29, 0.717) is 12.1 Å². The number of nitrogens with zero attached hydrogens (tertiary/aromatic N) is 3. The molecule has 2 heterocycles. The fraction of sp³-hybridized carbons (Fsp3) is 0.278. The summed E-state index contributed by atoms with van der Waals surface area (Å²) >= 11 is 1.59. The van der Waals surface area contributed by atoms with Gasteiger partial charge in [0, 0.05) is 48.7 Å². The summed E-state index contributed by atoms with van der Waals surface area (Å²) in [4.78, 5) is 31.5. The van der Waals surface area contributed by atoms with Crippen LogP contribution in [0.2, 0.25) is 0 Å². The maximum Gasteiger partial charge on any atom is 0.335 e. The monoisotopic (exact) mass is 355 g/mol. The summed E-state index contributed by atoms with van der Waals surface area (Å²) < 4.78 is 0. The van der Waals surface area contributed by atoms with Gasteiger partial charge in [0.05, 0.1) is 5.56 Å². The maximum absolute atomic E-state index is 12.4. The van der Waals surface area contributed by atoms with Gasteiger partial charge in [-0.05, 0) is 31.2 Å². The molecule has 1 N–H and O–H groups in total. The third kappa shape index (κ3) is 3.98. The molecule has 1 aliphatic heterocycles. The van der Waals surface area contributed by atoms with Gasteiger partial charge in [-0.3, -0.25) is 4.79 Å². The third-order valence-electron chi connectivity index (χ3n) is 4.02. The number of carboxylic acid groups (broad SMARTS) is 1. The Bertz CT molecular complexity index is 821. The molecule has 3 rings (SSSR count). The molecule has 1 unspecified atom stereocenters. The molecular formula is C18H17N3O3S. The first-order valence-corrected chi connectivity index (χ1v) is 8.73. The summed E-state index contributed by atoms with van der Waals surface area (Å²) in [6.07, 6.45) is 1.78. The van der Waals surface area contributed by atoms with Gasteiger partial charge in [-0.1, -0.05) is 5.92 Å². The predicted octanol–water partition coefficient (Wildman–Crippen LogP) is 1.93. The minimum absolute atomic E-state index is 0.0498. The molecule has 1 atom stereocenters. The summed E-state index contributed by atoms with van der Waals surface area (Å²) in [5.41, 5.74) is 0.816. The topological polar surface area (TPSA) is 73.7 Å². The summed E-state index contributed by atoms with van der Waals surface area (Å²) in [6, 6.07) is 6.22. The van der Waals surface area contributed by atoms with E-state index in [1.165, 1.54) is 12.1 Å². The highest BCUT2D eigenvalue weighted by Gasteiger charge is 2.27. The first-order valence-electron chi connectivity index (χ1n) is 7.85. The van der Waals surface area contributed by atoms with Crippen molar-refractivity contribution in [2.75, 3.05) is 24.5 Å². The standard InChI is InChI=1S/C18H17N3O3S/c1-13-12-20(18-19-8-11-25-18)9-10-21(13)16(22)7-4-14-2-5-15(6-3-14)17(23)24/h2-3,5-6,8,11,13H,9-10,12H2,1H3,(H,23,24). The normalized spacial score (nSPS) is 16.9. The molecule has 1 aromatic heterocycles. The van der Waals surface area contributed by atoms with Gasteiger partial charge in [-0.25, -0.2) is 9.78 Å². The van der Waals surface area contributed by atoms with Crippen molar-refractivity contribution in [3.05, 3.63) is 47.0 Å². The average Bonchev–Trinajstić information content (AvgIpc) is 3.14. The van der Waals surface area contributed by atoms with E-state index >= 15 is 0 Å². The Morgan fingerprint density at radius 2 is 2.04 bits per heavy atom. The first-order chi connectivity index (χ1) is 12.0.